The Bertz CT molecular complexity index is 4200. The summed E-state index contributed by atoms with van der Waals surface area (Å²) in [5.74, 6) is 0.942. The summed E-state index contributed by atoms with van der Waals surface area (Å²) in [6, 6.07) is 82.7. The molecule has 4 nitrogen and oxygen atoms in total. The third-order valence-electron chi connectivity index (χ3n) is 15.3. The van der Waals surface area contributed by atoms with Crippen LogP contribution in [-0.4, -0.2) is 11.5 Å². The number of allylic oxidation sites excluding steroid dienone is 1. The molecule has 12 aromatic rings. The molecule has 74 heavy (non-hydrogen) atoms. The van der Waals surface area contributed by atoms with Crippen molar-refractivity contribution in [2.45, 2.75) is 38.0 Å². The van der Waals surface area contributed by atoms with E-state index in [9.17, 15) is 0 Å². The van der Waals surface area contributed by atoms with E-state index >= 15 is 0 Å². The molecule has 1 aliphatic carbocycles. The van der Waals surface area contributed by atoms with Crippen molar-refractivity contribution in [2.24, 2.45) is 9.98 Å². The topological polar surface area (TPSA) is 51.0 Å². The van der Waals surface area contributed by atoms with E-state index in [2.05, 4.69) is 231 Å². The van der Waals surface area contributed by atoms with Crippen LogP contribution < -0.4 is 0 Å². The average Bonchev–Trinajstić information content (AvgIpc) is 4.16. The smallest absolute Gasteiger partial charge is 0.160 e. The van der Waals surface area contributed by atoms with Gasteiger partial charge in [-0.2, -0.15) is 0 Å². The van der Waals surface area contributed by atoms with Crippen molar-refractivity contribution in [2.75, 3.05) is 0 Å². The first kappa shape index (κ1) is 43.7. The summed E-state index contributed by atoms with van der Waals surface area (Å²) in [6.45, 7) is 0. The fourth-order valence-corrected chi connectivity index (χ4v) is 11.7. The third kappa shape index (κ3) is 7.87. The average molecular weight is 951 g/mol. The van der Waals surface area contributed by atoms with Gasteiger partial charge in [-0.25, -0.2) is 9.98 Å². The predicted molar refractivity (Wildman–Crippen MR) is 307 cm³/mol. The lowest BCUT2D eigenvalue weighted by molar-refractivity contribution is 0.668. The molecule has 0 amide bonds. The molecule has 0 bridgehead atoms. The van der Waals surface area contributed by atoms with Gasteiger partial charge in [0.1, 0.15) is 22.3 Å². The maximum Gasteiger partial charge on any atom is 0.160 e. The quantitative estimate of drug-likeness (QED) is 0.145. The second kappa shape index (κ2) is 18.5. The standard InChI is InChI=1S/C70H50N2O2/c1-4-18-46(19-5-1)48-33-35-50(36-34-48)70-71-63(49-22-8-3-9-23-49)28-14-15-29-64(72-70)52-43-60(68-58-27-13-17-31-66(58)73-67(68)44-52)62-41-45(40-61-57-26-12-16-30-65(57)74-69(61)62)32-38-55-53-24-10-11-25-54(53)59-42-51(37-39-56(55)59)47-20-6-2-7-21-47/h1-13,16-27,29-31,33-37,39-44,55H,14-15,28,32,38H2. The van der Waals surface area contributed by atoms with Gasteiger partial charge in [-0.3, -0.25) is 0 Å². The van der Waals surface area contributed by atoms with Gasteiger partial charge in [0.25, 0.3) is 0 Å². The molecule has 0 saturated heterocycles. The number of benzene rings is 10. The van der Waals surface area contributed by atoms with E-state index in [1.54, 1.807) is 0 Å². The second-order valence-corrected chi connectivity index (χ2v) is 19.7. The predicted octanol–water partition coefficient (Wildman–Crippen LogP) is 18.7. The first-order chi connectivity index (χ1) is 36.7. The number of aliphatic imine (C=N–C) groups is 2. The highest BCUT2D eigenvalue weighted by molar-refractivity contribution is 6.19. The molecule has 2 aliphatic rings. The van der Waals surface area contributed by atoms with Crippen molar-refractivity contribution in [3.8, 4) is 44.5 Å². The van der Waals surface area contributed by atoms with Crippen LogP contribution in [0, 0.1) is 0 Å². The summed E-state index contributed by atoms with van der Waals surface area (Å²) in [5.41, 5.74) is 22.0. The highest BCUT2D eigenvalue weighted by atomic mass is 16.3. The minimum absolute atomic E-state index is 0.265. The third-order valence-corrected chi connectivity index (χ3v) is 15.3. The van der Waals surface area contributed by atoms with Crippen LogP contribution in [0.15, 0.2) is 255 Å². The van der Waals surface area contributed by atoms with Crippen LogP contribution in [0.25, 0.3) is 94.1 Å². The number of aryl methyl sites for hydroxylation is 1. The van der Waals surface area contributed by atoms with Crippen LogP contribution >= 0.6 is 0 Å². The molecule has 0 spiro atoms. The first-order valence-corrected chi connectivity index (χ1v) is 25.9. The van der Waals surface area contributed by atoms with Crippen LogP contribution in [-0.2, 0) is 6.42 Å². The Morgan fingerprint density at radius 2 is 1.01 bits per heavy atom. The fraction of sp³-hybridized carbons (Fsp3) is 0.0857. The molecular formula is C70H50N2O2. The number of furan rings is 2. The number of rotatable bonds is 9. The van der Waals surface area contributed by atoms with E-state index in [-0.39, 0.29) is 5.92 Å². The molecule has 352 valence electrons. The Morgan fingerprint density at radius 1 is 0.405 bits per heavy atom. The number of nitrogens with zero attached hydrogens (tertiary/aromatic N) is 2. The molecule has 10 aromatic carbocycles. The lowest BCUT2D eigenvalue weighted by Crippen LogP contribution is -2.07. The molecule has 1 unspecified atom stereocenters. The van der Waals surface area contributed by atoms with Crippen molar-refractivity contribution in [1.29, 1.82) is 0 Å². The monoisotopic (exact) mass is 950 g/mol. The summed E-state index contributed by atoms with van der Waals surface area (Å²) < 4.78 is 13.8. The van der Waals surface area contributed by atoms with E-state index in [1.807, 2.05) is 6.07 Å². The second-order valence-electron chi connectivity index (χ2n) is 19.7. The van der Waals surface area contributed by atoms with E-state index in [0.717, 1.165) is 121 Å². The van der Waals surface area contributed by atoms with Crippen molar-refractivity contribution in [3.05, 3.63) is 270 Å². The van der Waals surface area contributed by atoms with Crippen LogP contribution in [0.3, 0.4) is 0 Å². The summed E-state index contributed by atoms with van der Waals surface area (Å²) in [7, 11) is 0. The number of hydrogen-bond acceptors (Lipinski definition) is 4. The molecule has 0 fully saturated rings. The van der Waals surface area contributed by atoms with E-state index < -0.39 is 0 Å². The van der Waals surface area contributed by atoms with Crippen molar-refractivity contribution >= 4 is 61.1 Å². The van der Waals surface area contributed by atoms with Gasteiger partial charge in [-0.15, -0.1) is 0 Å². The normalized spacial score (nSPS) is 14.5. The van der Waals surface area contributed by atoms with E-state index in [4.69, 9.17) is 18.8 Å². The minimum Gasteiger partial charge on any atom is -0.456 e. The zero-order valence-corrected chi connectivity index (χ0v) is 40.8. The number of hydrogen-bond donors (Lipinski definition) is 0. The lowest BCUT2D eigenvalue weighted by Gasteiger charge is -2.16. The Hall–Kier alpha value is -9.12. The van der Waals surface area contributed by atoms with Crippen LogP contribution in [0.4, 0.5) is 0 Å². The Kier molecular flexibility index (Phi) is 10.9. The number of para-hydroxylation sites is 2. The minimum atomic E-state index is 0.265. The zero-order valence-electron chi connectivity index (χ0n) is 40.8. The van der Waals surface area contributed by atoms with Crippen LogP contribution in [0.1, 0.15) is 65.0 Å². The van der Waals surface area contributed by atoms with Crippen LogP contribution in [0.5, 0.6) is 0 Å². The maximum absolute atomic E-state index is 6.97. The van der Waals surface area contributed by atoms with Gasteiger partial charge in [0.15, 0.2) is 5.84 Å². The van der Waals surface area contributed by atoms with Crippen molar-refractivity contribution in [1.82, 2.24) is 0 Å². The molecule has 0 N–H and O–H groups in total. The first-order valence-electron chi connectivity index (χ1n) is 25.9. The Labute approximate surface area is 430 Å². The molecular weight excluding hydrogens is 901 g/mol. The van der Waals surface area contributed by atoms with Gasteiger partial charge in [-0.1, -0.05) is 194 Å². The van der Waals surface area contributed by atoms with E-state index in [1.165, 1.54) is 44.5 Å². The maximum atomic E-state index is 6.97. The van der Waals surface area contributed by atoms with Gasteiger partial charge in [0, 0.05) is 44.2 Å². The van der Waals surface area contributed by atoms with Crippen molar-refractivity contribution < 1.29 is 8.83 Å². The van der Waals surface area contributed by atoms with Gasteiger partial charge >= 0.3 is 0 Å². The zero-order chi connectivity index (χ0) is 49.0. The molecule has 4 heteroatoms. The van der Waals surface area contributed by atoms with E-state index in [0.29, 0.717) is 5.84 Å². The summed E-state index contributed by atoms with van der Waals surface area (Å²) in [5, 5.41) is 4.35. The number of amidine groups is 1. The van der Waals surface area contributed by atoms with Gasteiger partial charge in [0.2, 0.25) is 0 Å². The van der Waals surface area contributed by atoms with Gasteiger partial charge in [-0.05, 0) is 136 Å². The molecule has 0 radical (unpaired) electrons. The fourth-order valence-electron chi connectivity index (χ4n) is 11.7. The molecule has 2 aromatic heterocycles. The van der Waals surface area contributed by atoms with Crippen LogP contribution in [0.2, 0.25) is 0 Å². The highest BCUT2D eigenvalue weighted by Crippen LogP contribution is 2.49. The summed E-state index contributed by atoms with van der Waals surface area (Å²) >= 11 is 0. The molecule has 3 heterocycles. The van der Waals surface area contributed by atoms with Gasteiger partial charge < -0.3 is 8.83 Å². The van der Waals surface area contributed by atoms with Gasteiger partial charge in [0.05, 0.1) is 11.4 Å². The van der Waals surface area contributed by atoms with Crippen molar-refractivity contribution in [3.63, 3.8) is 0 Å². The summed E-state index contributed by atoms with van der Waals surface area (Å²) in [6.07, 6.45) is 6.72. The Balaban J connectivity index is 0.922. The molecule has 1 atom stereocenters. The SMILES string of the molecule is C1=C(c2cc(-c3cc(CCC4c5ccccc5-c5cc(-c6ccccc6)ccc54)cc4c3oc3ccccc34)c3c(c2)oc2ccccc23)N=C(c2ccc(-c3ccccc3)cc2)N=C(c2ccccc2)CCC1. The number of fused-ring (bicyclic) bond motifs is 9. The molecule has 1 aliphatic heterocycles. The Morgan fingerprint density at radius 3 is 1.80 bits per heavy atom. The largest absolute Gasteiger partial charge is 0.456 e. The highest BCUT2D eigenvalue weighted by Gasteiger charge is 2.29. The lowest BCUT2D eigenvalue weighted by atomic mass is 9.88. The summed E-state index contributed by atoms with van der Waals surface area (Å²) in [4.78, 5) is 11.0. The molecule has 0 saturated carbocycles. The molecule has 14 rings (SSSR count).